The summed E-state index contributed by atoms with van der Waals surface area (Å²) in [5.41, 5.74) is 3.60. The zero-order valence-electron chi connectivity index (χ0n) is 12.3. The summed E-state index contributed by atoms with van der Waals surface area (Å²) in [6.07, 6.45) is 0. The molecule has 0 amide bonds. The zero-order chi connectivity index (χ0) is 13.9. The lowest BCUT2D eigenvalue weighted by atomic mass is 9.89. The Morgan fingerprint density at radius 3 is 2.28 bits per heavy atom. The Bertz CT molecular complexity index is 402. The Balaban J connectivity index is 3.24. The van der Waals surface area contributed by atoms with Gasteiger partial charge < -0.3 is 14.7 Å². The highest BCUT2D eigenvalue weighted by molar-refractivity contribution is 5.43. The van der Waals surface area contributed by atoms with Crippen molar-refractivity contribution in [3.05, 3.63) is 28.8 Å². The normalized spacial score (nSPS) is 14.7. The van der Waals surface area contributed by atoms with Crippen molar-refractivity contribution in [1.82, 2.24) is 4.90 Å². The third kappa shape index (κ3) is 3.03. The highest BCUT2D eigenvalue weighted by Gasteiger charge is 2.23. The van der Waals surface area contributed by atoms with Gasteiger partial charge in [-0.3, -0.25) is 0 Å². The Hall–Kier alpha value is -1.06. The Morgan fingerprint density at radius 2 is 1.83 bits per heavy atom. The van der Waals surface area contributed by atoms with Crippen LogP contribution in [0.4, 0.5) is 0 Å². The van der Waals surface area contributed by atoms with Crippen LogP contribution >= 0.6 is 0 Å². The van der Waals surface area contributed by atoms with Crippen molar-refractivity contribution in [2.45, 2.75) is 26.8 Å². The number of hydrogen-bond donors (Lipinski definition) is 1. The lowest BCUT2D eigenvalue weighted by Crippen LogP contribution is -2.28. The Morgan fingerprint density at radius 1 is 1.22 bits per heavy atom. The summed E-state index contributed by atoms with van der Waals surface area (Å²) in [4.78, 5) is 2.16. The Labute approximate surface area is 110 Å². The first-order valence-electron chi connectivity index (χ1n) is 6.34. The molecule has 0 aliphatic rings. The van der Waals surface area contributed by atoms with Crippen LogP contribution in [-0.4, -0.2) is 37.8 Å². The molecule has 0 aliphatic carbocycles. The highest BCUT2D eigenvalue weighted by Crippen LogP contribution is 2.32. The average molecular weight is 251 g/mol. The number of nitrogens with zero attached hydrogens (tertiary/aromatic N) is 1. The molecule has 0 aliphatic heterocycles. The molecule has 1 N–H and O–H groups in total. The second-order valence-corrected chi connectivity index (χ2v) is 5.25. The SMILES string of the molecule is COc1cc(C)c(C(C(C)CO)N(C)C)cc1C. The van der Waals surface area contributed by atoms with E-state index in [-0.39, 0.29) is 18.6 Å². The number of ether oxygens (including phenoxy) is 1. The van der Waals surface area contributed by atoms with Crippen LogP contribution in [0.15, 0.2) is 12.1 Å². The number of aliphatic hydroxyl groups excluding tert-OH is 1. The van der Waals surface area contributed by atoms with Gasteiger partial charge in [-0.1, -0.05) is 13.0 Å². The first-order valence-corrected chi connectivity index (χ1v) is 6.34. The van der Waals surface area contributed by atoms with Crippen LogP contribution in [0.5, 0.6) is 5.75 Å². The molecule has 3 nitrogen and oxygen atoms in total. The van der Waals surface area contributed by atoms with E-state index in [0.29, 0.717) is 0 Å². The van der Waals surface area contributed by atoms with Gasteiger partial charge in [-0.05, 0) is 56.6 Å². The molecule has 102 valence electrons. The molecule has 1 aromatic carbocycles. The monoisotopic (exact) mass is 251 g/mol. The molecule has 2 atom stereocenters. The van der Waals surface area contributed by atoms with E-state index in [9.17, 15) is 5.11 Å². The minimum atomic E-state index is 0.188. The van der Waals surface area contributed by atoms with E-state index in [1.165, 1.54) is 11.1 Å². The molecule has 0 heterocycles. The van der Waals surface area contributed by atoms with Gasteiger partial charge in [0, 0.05) is 12.6 Å². The number of hydrogen-bond acceptors (Lipinski definition) is 3. The second kappa shape index (κ2) is 6.21. The van der Waals surface area contributed by atoms with Crippen molar-refractivity contribution in [3.8, 4) is 5.75 Å². The molecule has 1 aromatic rings. The van der Waals surface area contributed by atoms with Crippen LogP contribution in [-0.2, 0) is 0 Å². The van der Waals surface area contributed by atoms with E-state index in [0.717, 1.165) is 11.3 Å². The van der Waals surface area contributed by atoms with Gasteiger partial charge in [-0.2, -0.15) is 0 Å². The van der Waals surface area contributed by atoms with Gasteiger partial charge >= 0.3 is 0 Å². The third-order valence-corrected chi connectivity index (χ3v) is 3.49. The van der Waals surface area contributed by atoms with Crippen molar-refractivity contribution in [2.75, 3.05) is 27.8 Å². The van der Waals surface area contributed by atoms with E-state index in [2.05, 4.69) is 51.9 Å². The predicted octanol–water partition coefficient (Wildman–Crippen LogP) is 2.54. The highest BCUT2D eigenvalue weighted by atomic mass is 16.5. The topological polar surface area (TPSA) is 32.7 Å². The number of aryl methyl sites for hydroxylation is 2. The van der Waals surface area contributed by atoms with Gasteiger partial charge in [0.1, 0.15) is 5.75 Å². The van der Waals surface area contributed by atoms with Gasteiger partial charge in [0.2, 0.25) is 0 Å². The fourth-order valence-corrected chi connectivity index (χ4v) is 2.54. The van der Waals surface area contributed by atoms with E-state index >= 15 is 0 Å². The summed E-state index contributed by atoms with van der Waals surface area (Å²) in [6.45, 7) is 6.41. The predicted molar refractivity (Wildman–Crippen MR) is 75.1 cm³/mol. The summed E-state index contributed by atoms with van der Waals surface area (Å²) in [5.74, 6) is 1.12. The first-order chi connectivity index (χ1) is 8.42. The van der Waals surface area contributed by atoms with E-state index in [1.807, 2.05) is 0 Å². The molecule has 18 heavy (non-hydrogen) atoms. The summed E-state index contributed by atoms with van der Waals surface area (Å²) < 4.78 is 5.34. The van der Waals surface area contributed by atoms with Crippen molar-refractivity contribution in [1.29, 1.82) is 0 Å². The molecular formula is C15H25NO2. The van der Waals surface area contributed by atoms with E-state index in [4.69, 9.17) is 4.74 Å². The summed E-state index contributed by atoms with van der Waals surface area (Å²) in [6, 6.07) is 4.47. The van der Waals surface area contributed by atoms with Gasteiger partial charge in [0.05, 0.1) is 7.11 Å². The fourth-order valence-electron chi connectivity index (χ4n) is 2.54. The summed E-state index contributed by atoms with van der Waals surface area (Å²) >= 11 is 0. The molecule has 0 saturated carbocycles. The molecule has 0 aromatic heterocycles. The quantitative estimate of drug-likeness (QED) is 0.873. The lowest BCUT2D eigenvalue weighted by Gasteiger charge is -2.31. The van der Waals surface area contributed by atoms with Crippen molar-refractivity contribution < 1.29 is 9.84 Å². The first kappa shape index (κ1) is 15.0. The molecule has 0 fully saturated rings. The van der Waals surface area contributed by atoms with Crippen LogP contribution in [0, 0.1) is 19.8 Å². The van der Waals surface area contributed by atoms with Crippen molar-refractivity contribution in [2.24, 2.45) is 5.92 Å². The number of aliphatic hydroxyl groups is 1. The number of rotatable bonds is 5. The molecule has 0 spiro atoms. The largest absolute Gasteiger partial charge is 0.496 e. The van der Waals surface area contributed by atoms with Crippen molar-refractivity contribution >= 4 is 0 Å². The number of benzene rings is 1. The Kier molecular flexibility index (Phi) is 5.17. The molecule has 1 rings (SSSR count). The maximum Gasteiger partial charge on any atom is 0.122 e. The minimum Gasteiger partial charge on any atom is -0.496 e. The van der Waals surface area contributed by atoms with Gasteiger partial charge in [-0.25, -0.2) is 0 Å². The summed E-state index contributed by atoms with van der Waals surface area (Å²) in [5, 5.41) is 9.42. The van der Waals surface area contributed by atoms with Gasteiger partial charge in [0.15, 0.2) is 0 Å². The van der Waals surface area contributed by atoms with Crippen LogP contribution in [0.1, 0.15) is 29.7 Å². The van der Waals surface area contributed by atoms with Crippen LogP contribution in [0.25, 0.3) is 0 Å². The molecular weight excluding hydrogens is 226 g/mol. The molecule has 0 saturated heterocycles. The summed E-state index contributed by atoms with van der Waals surface area (Å²) in [7, 11) is 5.80. The molecule has 0 radical (unpaired) electrons. The third-order valence-electron chi connectivity index (χ3n) is 3.49. The molecule has 2 unspecified atom stereocenters. The van der Waals surface area contributed by atoms with Crippen LogP contribution in [0.3, 0.4) is 0 Å². The standard InChI is InChI=1S/C15H25NO2/c1-10-8-14(18-6)11(2)7-13(10)15(16(4)5)12(3)9-17/h7-8,12,15,17H,9H2,1-6H3. The van der Waals surface area contributed by atoms with E-state index < -0.39 is 0 Å². The zero-order valence-corrected chi connectivity index (χ0v) is 12.3. The minimum absolute atomic E-state index is 0.188. The van der Waals surface area contributed by atoms with Crippen LogP contribution in [0.2, 0.25) is 0 Å². The van der Waals surface area contributed by atoms with Gasteiger partial charge in [0.25, 0.3) is 0 Å². The van der Waals surface area contributed by atoms with E-state index in [1.54, 1.807) is 7.11 Å². The van der Waals surface area contributed by atoms with Gasteiger partial charge in [-0.15, -0.1) is 0 Å². The maximum absolute atomic E-state index is 9.42. The molecule has 3 heteroatoms. The maximum atomic E-state index is 9.42. The lowest BCUT2D eigenvalue weighted by molar-refractivity contribution is 0.145. The average Bonchev–Trinajstić information content (AvgIpc) is 2.32. The smallest absolute Gasteiger partial charge is 0.122 e. The number of methoxy groups -OCH3 is 1. The van der Waals surface area contributed by atoms with Crippen molar-refractivity contribution in [3.63, 3.8) is 0 Å². The fraction of sp³-hybridized carbons (Fsp3) is 0.600. The molecule has 0 bridgehead atoms. The van der Waals surface area contributed by atoms with Crippen LogP contribution < -0.4 is 4.74 Å². The second-order valence-electron chi connectivity index (χ2n) is 5.25.